The molecule has 1 heterocycles. The number of hydrogen-bond donors (Lipinski definition) is 1. The van der Waals surface area contributed by atoms with Crippen molar-refractivity contribution in [3.63, 3.8) is 0 Å². The lowest BCUT2D eigenvalue weighted by atomic mass is 9.98. The molecule has 0 amide bonds. The predicted molar refractivity (Wildman–Crippen MR) is 88.8 cm³/mol. The van der Waals surface area contributed by atoms with E-state index in [0.717, 1.165) is 36.9 Å². The van der Waals surface area contributed by atoms with Crippen LogP contribution in [0.4, 0.5) is 4.39 Å². The fourth-order valence-electron chi connectivity index (χ4n) is 3.18. The van der Waals surface area contributed by atoms with E-state index in [2.05, 4.69) is 39.7 Å². The van der Waals surface area contributed by atoms with Gasteiger partial charge in [-0.15, -0.1) is 0 Å². The van der Waals surface area contributed by atoms with Crippen LogP contribution in [0.1, 0.15) is 31.4 Å². The van der Waals surface area contributed by atoms with Crippen LogP contribution in [0, 0.1) is 5.82 Å². The highest BCUT2D eigenvalue weighted by atomic mass is 79.9. The molecule has 5 heteroatoms. The molecule has 1 aliphatic heterocycles. The van der Waals surface area contributed by atoms with Crippen LogP contribution in [0.25, 0.3) is 0 Å². The van der Waals surface area contributed by atoms with Gasteiger partial charge in [-0.05, 0) is 57.7 Å². The highest BCUT2D eigenvalue weighted by Gasteiger charge is 2.28. The highest BCUT2D eigenvalue weighted by Crippen LogP contribution is 2.29. The first kappa shape index (κ1) is 16.9. The maximum absolute atomic E-state index is 14.1. The molecule has 2 rings (SSSR count). The Morgan fingerprint density at radius 3 is 2.67 bits per heavy atom. The average Bonchev–Trinajstić information content (AvgIpc) is 2.51. The summed E-state index contributed by atoms with van der Waals surface area (Å²) in [4.78, 5) is 4.72. The number of piperidine rings is 1. The smallest absolute Gasteiger partial charge is 0.128 e. The monoisotopic (exact) mass is 357 g/mol. The first-order chi connectivity index (χ1) is 10.1. The Balaban J connectivity index is 2.11. The summed E-state index contributed by atoms with van der Waals surface area (Å²) in [5.41, 5.74) is 6.64. The van der Waals surface area contributed by atoms with Crippen molar-refractivity contribution >= 4 is 15.9 Å². The van der Waals surface area contributed by atoms with Crippen LogP contribution in [-0.4, -0.2) is 49.1 Å². The van der Waals surface area contributed by atoms with Gasteiger partial charge in [0, 0.05) is 28.7 Å². The third-order valence-electron chi connectivity index (χ3n) is 4.61. The minimum atomic E-state index is -0.175. The molecule has 1 unspecified atom stereocenters. The molecular formula is C16H25BrFN3. The number of hydrogen-bond acceptors (Lipinski definition) is 3. The van der Waals surface area contributed by atoms with Crippen molar-refractivity contribution in [3.8, 4) is 0 Å². The summed E-state index contributed by atoms with van der Waals surface area (Å²) in [7, 11) is 2.07. The molecule has 118 valence electrons. The number of halogens is 2. The summed E-state index contributed by atoms with van der Waals surface area (Å²) < 4.78 is 15.0. The number of nitrogens with two attached hydrogens (primary N) is 1. The zero-order valence-electron chi connectivity index (χ0n) is 12.9. The van der Waals surface area contributed by atoms with Crippen LogP contribution in [0.15, 0.2) is 22.7 Å². The van der Waals surface area contributed by atoms with Crippen LogP contribution in [0.3, 0.4) is 0 Å². The summed E-state index contributed by atoms with van der Waals surface area (Å²) in [6.45, 7) is 5.96. The standard InChI is InChI=1S/C16H25BrFN3/c1-3-21-8-6-13(7-9-21)20(2)16(11-19)14-10-12(17)4-5-15(14)18/h4-5,10,13,16H,3,6-9,11,19H2,1-2H3. The SMILES string of the molecule is CCN1CCC(N(C)C(CN)c2cc(Br)ccc2F)CC1. The summed E-state index contributed by atoms with van der Waals surface area (Å²) >= 11 is 3.42. The van der Waals surface area contributed by atoms with Gasteiger partial charge >= 0.3 is 0 Å². The molecule has 2 N–H and O–H groups in total. The topological polar surface area (TPSA) is 32.5 Å². The lowest BCUT2D eigenvalue weighted by Gasteiger charge is -2.40. The summed E-state index contributed by atoms with van der Waals surface area (Å²) in [5, 5.41) is 0. The van der Waals surface area contributed by atoms with E-state index < -0.39 is 0 Å². The third-order valence-corrected chi connectivity index (χ3v) is 5.11. The van der Waals surface area contributed by atoms with Gasteiger partial charge in [0.2, 0.25) is 0 Å². The van der Waals surface area contributed by atoms with Crippen LogP contribution >= 0.6 is 15.9 Å². The molecule has 1 fully saturated rings. The highest BCUT2D eigenvalue weighted by molar-refractivity contribution is 9.10. The Bertz CT molecular complexity index is 461. The van der Waals surface area contributed by atoms with Gasteiger partial charge in [-0.3, -0.25) is 4.90 Å². The Morgan fingerprint density at radius 2 is 2.10 bits per heavy atom. The van der Waals surface area contributed by atoms with E-state index in [0.29, 0.717) is 18.2 Å². The fourth-order valence-corrected chi connectivity index (χ4v) is 3.56. The van der Waals surface area contributed by atoms with Crippen LogP contribution in [0.5, 0.6) is 0 Å². The maximum Gasteiger partial charge on any atom is 0.128 e. The van der Waals surface area contributed by atoms with Crippen LogP contribution < -0.4 is 5.73 Å². The molecule has 0 bridgehead atoms. The number of benzene rings is 1. The van der Waals surface area contributed by atoms with Gasteiger partial charge in [-0.25, -0.2) is 4.39 Å². The van der Waals surface area contributed by atoms with Crippen LogP contribution in [-0.2, 0) is 0 Å². The van der Waals surface area contributed by atoms with E-state index in [1.807, 2.05) is 6.07 Å². The first-order valence-corrected chi connectivity index (χ1v) is 8.45. The number of likely N-dealkylation sites (tertiary alicyclic amines) is 1. The maximum atomic E-state index is 14.1. The Morgan fingerprint density at radius 1 is 1.43 bits per heavy atom. The van der Waals surface area contributed by atoms with E-state index in [9.17, 15) is 4.39 Å². The second-order valence-corrected chi connectivity index (χ2v) is 6.66. The van der Waals surface area contributed by atoms with Gasteiger partial charge in [0.15, 0.2) is 0 Å². The number of rotatable bonds is 5. The molecule has 1 saturated heterocycles. The molecule has 0 spiro atoms. The van der Waals surface area contributed by atoms with Gasteiger partial charge < -0.3 is 10.6 Å². The van der Waals surface area contributed by atoms with Gasteiger partial charge in [-0.1, -0.05) is 22.9 Å². The average molecular weight is 358 g/mol. The molecule has 1 atom stereocenters. The quantitative estimate of drug-likeness (QED) is 0.878. The molecule has 0 aromatic heterocycles. The van der Waals surface area contributed by atoms with Crippen molar-refractivity contribution in [2.75, 3.05) is 33.2 Å². The Kier molecular flexibility index (Phi) is 6.17. The fraction of sp³-hybridized carbons (Fsp3) is 0.625. The van der Waals surface area contributed by atoms with Crippen molar-refractivity contribution in [2.24, 2.45) is 5.73 Å². The van der Waals surface area contributed by atoms with Crippen molar-refractivity contribution < 1.29 is 4.39 Å². The molecule has 21 heavy (non-hydrogen) atoms. The second-order valence-electron chi connectivity index (χ2n) is 5.75. The third kappa shape index (κ3) is 4.03. The molecule has 0 saturated carbocycles. The lowest BCUT2D eigenvalue weighted by molar-refractivity contribution is 0.0994. The zero-order valence-corrected chi connectivity index (χ0v) is 14.4. The molecule has 1 aliphatic rings. The van der Waals surface area contributed by atoms with Gasteiger partial charge in [0.05, 0.1) is 0 Å². The molecule has 0 radical (unpaired) electrons. The minimum absolute atomic E-state index is 0.0688. The van der Waals surface area contributed by atoms with Gasteiger partial charge in [-0.2, -0.15) is 0 Å². The van der Waals surface area contributed by atoms with Crippen molar-refractivity contribution in [2.45, 2.75) is 31.8 Å². The lowest BCUT2D eigenvalue weighted by Crippen LogP contribution is -2.46. The van der Waals surface area contributed by atoms with Crippen molar-refractivity contribution in [1.29, 1.82) is 0 Å². The summed E-state index contributed by atoms with van der Waals surface area (Å²) in [5.74, 6) is -0.175. The zero-order chi connectivity index (χ0) is 15.4. The summed E-state index contributed by atoms with van der Waals surface area (Å²) in [6, 6.07) is 5.49. The Hall–Kier alpha value is -0.490. The minimum Gasteiger partial charge on any atom is -0.329 e. The summed E-state index contributed by atoms with van der Waals surface area (Å²) in [6.07, 6.45) is 2.24. The van der Waals surface area contributed by atoms with E-state index in [1.54, 1.807) is 6.07 Å². The second kappa shape index (κ2) is 7.68. The number of likely N-dealkylation sites (N-methyl/N-ethyl adjacent to an activating group) is 1. The number of nitrogens with zero attached hydrogens (tertiary/aromatic N) is 2. The van der Waals surface area contributed by atoms with Crippen molar-refractivity contribution in [1.82, 2.24) is 9.80 Å². The first-order valence-electron chi connectivity index (χ1n) is 7.66. The van der Waals surface area contributed by atoms with E-state index >= 15 is 0 Å². The van der Waals surface area contributed by atoms with E-state index in [4.69, 9.17) is 5.73 Å². The molecule has 3 nitrogen and oxygen atoms in total. The van der Waals surface area contributed by atoms with Crippen LogP contribution in [0.2, 0.25) is 0 Å². The van der Waals surface area contributed by atoms with E-state index in [-0.39, 0.29) is 11.9 Å². The molecule has 1 aromatic carbocycles. The molecular weight excluding hydrogens is 333 g/mol. The van der Waals surface area contributed by atoms with Gasteiger partial charge in [0.25, 0.3) is 0 Å². The molecule has 0 aliphatic carbocycles. The predicted octanol–water partition coefficient (Wildman–Crippen LogP) is 3.00. The normalized spacial score (nSPS) is 19.1. The largest absolute Gasteiger partial charge is 0.329 e. The van der Waals surface area contributed by atoms with Crippen molar-refractivity contribution in [3.05, 3.63) is 34.1 Å². The molecule has 1 aromatic rings. The Labute approximate surface area is 135 Å². The van der Waals surface area contributed by atoms with E-state index in [1.165, 1.54) is 6.07 Å². The van der Waals surface area contributed by atoms with Gasteiger partial charge in [0.1, 0.15) is 5.82 Å².